The van der Waals surface area contributed by atoms with Gasteiger partial charge in [0.05, 0.1) is 33.6 Å². The van der Waals surface area contributed by atoms with E-state index < -0.39 is 5.97 Å². The number of hydrogen-bond acceptors (Lipinski definition) is 7. The standard InChI is InChI=1S/C20H24N2O5/c1-4-26-20(23)14-27-17-7-5-6-15(10-17)12-21-22-13-16-8-9-18(24-2)19(11-16)25-3/h5-12,22H,4,13-14H2,1-3H3/b21-12-. The number of nitrogens with one attached hydrogen (secondary N) is 1. The number of esters is 1. The number of rotatable bonds is 10. The highest BCUT2D eigenvalue weighted by atomic mass is 16.6. The van der Waals surface area contributed by atoms with Crippen molar-refractivity contribution < 1.29 is 23.7 Å². The number of carbonyl (C=O) groups excluding carboxylic acids is 1. The summed E-state index contributed by atoms with van der Waals surface area (Å²) >= 11 is 0. The average molecular weight is 372 g/mol. The van der Waals surface area contributed by atoms with Gasteiger partial charge in [0.25, 0.3) is 0 Å². The van der Waals surface area contributed by atoms with Crippen LogP contribution in [0.4, 0.5) is 0 Å². The molecular weight excluding hydrogens is 348 g/mol. The fraction of sp³-hybridized carbons (Fsp3) is 0.300. The van der Waals surface area contributed by atoms with Crippen LogP contribution in [-0.4, -0.2) is 39.6 Å². The summed E-state index contributed by atoms with van der Waals surface area (Å²) in [5.41, 5.74) is 4.84. The number of benzene rings is 2. The van der Waals surface area contributed by atoms with Gasteiger partial charge in [-0.15, -0.1) is 0 Å². The van der Waals surface area contributed by atoms with Crippen molar-refractivity contribution in [1.82, 2.24) is 5.43 Å². The Morgan fingerprint density at radius 2 is 1.93 bits per heavy atom. The van der Waals surface area contributed by atoms with Crippen LogP contribution < -0.4 is 19.6 Å². The predicted octanol–water partition coefficient (Wildman–Crippen LogP) is 2.77. The molecule has 1 N–H and O–H groups in total. The quantitative estimate of drug-likeness (QED) is 0.393. The lowest BCUT2D eigenvalue weighted by Gasteiger charge is -2.09. The number of hydrazone groups is 1. The van der Waals surface area contributed by atoms with Crippen molar-refractivity contribution in [2.45, 2.75) is 13.5 Å². The monoisotopic (exact) mass is 372 g/mol. The molecule has 0 heterocycles. The molecule has 0 unspecified atom stereocenters. The van der Waals surface area contributed by atoms with Crippen LogP contribution in [-0.2, 0) is 16.1 Å². The maximum absolute atomic E-state index is 11.3. The lowest BCUT2D eigenvalue weighted by Crippen LogP contribution is -2.14. The Bertz CT molecular complexity index is 777. The summed E-state index contributed by atoms with van der Waals surface area (Å²) < 4.78 is 20.7. The summed E-state index contributed by atoms with van der Waals surface area (Å²) in [6.07, 6.45) is 1.68. The first kappa shape index (κ1) is 20.1. The van der Waals surface area contributed by atoms with Crippen LogP contribution in [0.2, 0.25) is 0 Å². The molecule has 7 nitrogen and oxygen atoms in total. The number of carbonyl (C=O) groups is 1. The fourth-order valence-electron chi connectivity index (χ4n) is 2.28. The topological polar surface area (TPSA) is 78.4 Å². The number of methoxy groups -OCH3 is 2. The molecule has 0 atom stereocenters. The molecule has 0 aromatic heterocycles. The van der Waals surface area contributed by atoms with Crippen molar-refractivity contribution in [3.63, 3.8) is 0 Å². The highest BCUT2D eigenvalue weighted by molar-refractivity contribution is 5.80. The van der Waals surface area contributed by atoms with E-state index in [1.54, 1.807) is 39.5 Å². The smallest absolute Gasteiger partial charge is 0.344 e. The first-order chi connectivity index (χ1) is 13.2. The molecule has 2 aromatic rings. The molecule has 0 aliphatic rings. The van der Waals surface area contributed by atoms with Gasteiger partial charge in [-0.25, -0.2) is 4.79 Å². The summed E-state index contributed by atoms with van der Waals surface area (Å²) in [6, 6.07) is 13.0. The van der Waals surface area contributed by atoms with Crippen LogP contribution in [0.15, 0.2) is 47.6 Å². The van der Waals surface area contributed by atoms with Gasteiger partial charge in [-0.05, 0) is 42.3 Å². The molecule has 0 spiro atoms. The van der Waals surface area contributed by atoms with E-state index >= 15 is 0 Å². The summed E-state index contributed by atoms with van der Waals surface area (Å²) in [4.78, 5) is 11.3. The molecule has 0 amide bonds. The minimum atomic E-state index is -0.395. The zero-order valence-electron chi connectivity index (χ0n) is 15.7. The van der Waals surface area contributed by atoms with Crippen LogP contribution in [0, 0.1) is 0 Å². The number of hydrogen-bond donors (Lipinski definition) is 1. The second-order valence-electron chi connectivity index (χ2n) is 5.45. The van der Waals surface area contributed by atoms with E-state index in [4.69, 9.17) is 18.9 Å². The average Bonchev–Trinajstić information content (AvgIpc) is 2.70. The van der Waals surface area contributed by atoms with Crippen molar-refractivity contribution in [3.8, 4) is 17.2 Å². The SMILES string of the molecule is CCOC(=O)COc1cccc(/C=N\NCc2ccc(OC)c(OC)c2)c1. The van der Waals surface area contributed by atoms with Crippen LogP contribution >= 0.6 is 0 Å². The molecule has 0 radical (unpaired) electrons. The Balaban J connectivity index is 1.87. The maximum atomic E-state index is 11.3. The molecule has 27 heavy (non-hydrogen) atoms. The molecule has 0 aliphatic heterocycles. The second kappa shape index (κ2) is 10.7. The molecule has 0 fully saturated rings. The van der Waals surface area contributed by atoms with E-state index in [0.29, 0.717) is 30.4 Å². The first-order valence-electron chi connectivity index (χ1n) is 8.51. The molecular formula is C20H24N2O5. The second-order valence-corrected chi connectivity index (χ2v) is 5.45. The van der Waals surface area contributed by atoms with Crippen molar-refractivity contribution >= 4 is 12.2 Å². The molecule has 2 aromatic carbocycles. The third-order valence-corrected chi connectivity index (χ3v) is 3.56. The zero-order chi connectivity index (χ0) is 19.5. The fourth-order valence-corrected chi connectivity index (χ4v) is 2.28. The number of nitrogens with zero attached hydrogens (tertiary/aromatic N) is 1. The van der Waals surface area contributed by atoms with Crippen molar-refractivity contribution in [2.75, 3.05) is 27.4 Å². The normalized spacial score (nSPS) is 10.5. The lowest BCUT2D eigenvalue weighted by molar-refractivity contribution is -0.145. The minimum Gasteiger partial charge on any atom is -0.493 e. The Morgan fingerprint density at radius 3 is 2.67 bits per heavy atom. The van der Waals surface area contributed by atoms with Crippen LogP contribution in [0.25, 0.3) is 0 Å². The molecule has 0 saturated heterocycles. The Kier molecular flexibility index (Phi) is 7.96. The summed E-state index contributed by atoms with van der Waals surface area (Å²) in [6.45, 7) is 2.51. The van der Waals surface area contributed by atoms with E-state index in [1.165, 1.54) is 0 Å². The Labute approximate surface area is 158 Å². The van der Waals surface area contributed by atoms with Gasteiger partial charge in [-0.1, -0.05) is 18.2 Å². The largest absolute Gasteiger partial charge is 0.493 e. The van der Waals surface area contributed by atoms with Gasteiger partial charge in [0.15, 0.2) is 18.1 Å². The highest BCUT2D eigenvalue weighted by Crippen LogP contribution is 2.27. The van der Waals surface area contributed by atoms with E-state index in [0.717, 1.165) is 11.1 Å². The Morgan fingerprint density at radius 1 is 1.11 bits per heavy atom. The van der Waals surface area contributed by atoms with Gasteiger partial charge < -0.3 is 24.4 Å². The van der Waals surface area contributed by atoms with Crippen LogP contribution in [0.1, 0.15) is 18.1 Å². The zero-order valence-corrected chi connectivity index (χ0v) is 15.7. The van der Waals surface area contributed by atoms with Gasteiger partial charge in [0.1, 0.15) is 5.75 Å². The van der Waals surface area contributed by atoms with E-state index in [2.05, 4.69) is 10.5 Å². The maximum Gasteiger partial charge on any atom is 0.344 e. The summed E-state index contributed by atoms with van der Waals surface area (Å²) in [7, 11) is 3.20. The highest BCUT2D eigenvalue weighted by Gasteiger charge is 2.04. The van der Waals surface area contributed by atoms with Crippen molar-refractivity contribution in [2.24, 2.45) is 5.10 Å². The molecule has 2 rings (SSSR count). The third kappa shape index (κ3) is 6.54. The van der Waals surface area contributed by atoms with E-state index in [-0.39, 0.29) is 6.61 Å². The first-order valence-corrected chi connectivity index (χ1v) is 8.51. The minimum absolute atomic E-state index is 0.119. The van der Waals surface area contributed by atoms with E-state index in [9.17, 15) is 4.79 Å². The van der Waals surface area contributed by atoms with E-state index in [1.807, 2.05) is 30.3 Å². The Hall–Kier alpha value is -3.22. The van der Waals surface area contributed by atoms with Gasteiger partial charge in [-0.3, -0.25) is 0 Å². The van der Waals surface area contributed by atoms with Gasteiger partial charge in [-0.2, -0.15) is 5.10 Å². The summed E-state index contributed by atoms with van der Waals surface area (Å²) in [5.74, 6) is 1.54. The van der Waals surface area contributed by atoms with Crippen LogP contribution in [0.3, 0.4) is 0 Å². The van der Waals surface area contributed by atoms with Crippen molar-refractivity contribution in [3.05, 3.63) is 53.6 Å². The number of ether oxygens (including phenoxy) is 4. The van der Waals surface area contributed by atoms with Gasteiger partial charge >= 0.3 is 5.97 Å². The lowest BCUT2D eigenvalue weighted by atomic mass is 10.2. The molecule has 144 valence electrons. The predicted molar refractivity (Wildman–Crippen MR) is 103 cm³/mol. The summed E-state index contributed by atoms with van der Waals surface area (Å²) in [5, 5.41) is 4.21. The third-order valence-electron chi connectivity index (χ3n) is 3.56. The molecule has 0 aliphatic carbocycles. The van der Waals surface area contributed by atoms with Crippen molar-refractivity contribution in [1.29, 1.82) is 0 Å². The van der Waals surface area contributed by atoms with Gasteiger partial charge in [0.2, 0.25) is 0 Å². The molecule has 7 heteroatoms. The van der Waals surface area contributed by atoms with Gasteiger partial charge in [0, 0.05) is 0 Å². The molecule has 0 bridgehead atoms. The van der Waals surface area contributed by atoms with Crippen LogP contribution in [0.5, 0.6) is 17.2 Å². The molecule has 0 saturated carbocycles.